The zero-order valence-electron chi connectivity index (χ0n) is 17.2. The molecule has 1 aromatic carbocycles. The number of aromatic nitrogens is 2. The van der Waals surface area contributed by atoms with Crippen molar-refractivity contribution in [3.05, 3.63) is 66.3 Å². The lowest BCUT2D eigenvalue weighted by Crippen LogP contribution is -2.31. The number of thiophene rings is 1. The summed E-state index contributed by atoms with van der Waals surface area (Å²) >= 11 is 5.98. The molecule has 0 unspecified atom stereocenters. The van der Waals surface area contributed by atoms with Crippen LogP contribution in [0.5, 0.6) is 0 Å². The molecule has 164 valence electrons. The fourth-order valence-corrected chi connectivity index (χ4v) is 6.49. The monoisotopic (exact) mass is 529 g/mol. The van der Waals surface area contributed by atoms with Gasteiger partial charge in [0.15, 0.2) is 0 Å². The number of halogens is 1. The van der Waals surface area contributed by atoms with Gasteiger partial charge in [0, 0.05) is 22.4 Å². The van der Waals surface area contributed by atoms with Gasteiger partial charge in [-0.2, -0.15) is 0 Å². The molecule has 1 aliphatic heterocycles. The summed E-state index contributed by atoms with van der Waals surface area (Å²) < 4.78 is 2.56. The van der Waals surface area contributed by atoms with E-state index in [9.17, 15) is 14.4 Å². The molecular formula is C23H20BrN3O3S2. The highest BCUT2D eigenvalue weighted by molar-refractivity contribution is 9.10. The van der Waals surface area contributed by atoms with Crippen molar-refractivity contribution in [1.29, 1.82) is 0 Å². The number of imide groups is 1. The van der Waals surface area contributed by atoms with Gasteiger partial charge in [0.2, 0.25) is 0 Å². The molecular weight excluding hydrogens is 510 g/mol. The molecule has 2 aliphatic rings. The number of amides is 2. The third-order valence-electron chi connectivity index (χ3n) is 5.76. The molecule has 6 nitrogen and oxygen atoms in total. The first-order valence-corrected chi connectivity index (χ1v) is 12.9. The van der Waals surface area contributed by atoms with Crippen molar-refractivity contribution >= 4 is 66.5 Å². The number of carbonyl (C=O) groups excluding carboxylic acids is 2. The van der Waals surface area contributed by atoms with Crippen molar-refractivity contribution in [1.82, 2.24) is 14.5 Å². The van der Waals surface area contributed by atoms with Crippen LogP contribution >= 0.6 is 39.0 Å². The number of thioether (sulfide) groups is 1. The Kier molecular flexibility index (Phi) is 6.05. The van der Waals surface area contributed by atoms with E-state index in [4.69, 9.17) is 0 Å². The van der Waals surface area contributed by atoms with E-state index >= 15 is 0 Å². The van der Waals surface area contributed by atoms with Gasteiger partial charge in [0.25, 0.3) is 16.7 Å². The summed E-state index contributed by atoms with van der Waals surface area (Å²) in [4.78, 5) is 46.5. The third-order valence-corrected chi connectivity index (χ3v) is 8.40. The maximum atomic E-state index is 13.1. The predicted octanol–water partition coefficient (Wildman–Crippen LogP) is 5.23. The van der Waals surface area contributed by atoms with Gasteiger partial charge in [-0.05, 0) is 73.2 Å². The van der Waals surface area contributed by atoms with Crippen molar-refractivity contribution in [2.75, 3.05) is 6.54 Å². The summed E-state index contributed by atoms with van der Waals surface area (Å²) in [6.45, 7) is 0.689. The molecule has 32 heavy (non-hydrogen) atoms. The molecule has 0 radical (unpaired) electrons. The van der Waals surface area contributed by atoms with E-state index < -0.39 is 0 Å². The van der Waals surface area contributed by atoms with Crippen molar-refractivity contribution < 1.29 is 9.59 Å². The Morgan fingerprint density at radius 1 is 1.06 bits per heavy atom. The zero-order chi connectivity index (χ0) is 22.2. The highest BCUT2D eigenvalue weighted by Crippen LogP contribution is 2.34. The number of hydrogen-bond donors (Lipinski definition) is 0. The maximum Gasteiger partial charge on any atom is 0.293 e. The van der Waals surface area contributed by atoms with Crippen molar-refractivity contribution in [2.24, 2.45) is 0 Å². The molecule has 0 saturated carbocycles. The van der Waals surface area contributed by atoms with Crippen molar-refractivity contribution in [3.8, 4) is 0 Å². The van der Waals surface area contributed by atoms with Crippen LogP contribution in [0.4, 0.5) is 4.79 Å². The van der Waals surface area contributed by atoms with Gasteiger partial charge in [0.05, 0.1) is 16.6 Å². The largest absolute Gasteiger partial charge is 0.299 e. The molecule has 0 spiro atoms. The Labute approximate surface area is 201 Å². The molecule has 3 aromatic rings. The molecule has 1 saturated heterocycles. The van der Waals surface area contributed by atoms with E-state index in [1.165, 1.54) is 21.8 Å². The number of nitrogens with zero attached hydrogens (tertiary/aromatic N) is 3. The number of hydrogen-bond acceptors (Lipinski definition) is 6. The van der Waals surface area contributed by atoms with Gasteiger partial charge in [-0.3, -0.25) is 23.9 Å². The zero-order valence-corrected chi connectivity index (χ0v) is 20.4. The Morgan fingerprint density at radius 3 is 2.66 bits per heavy atom. The van der Waals surface area contributed by atoms with Crippen molar-refractivity contribution in [2.45, 2.75) is 38.6 Å². The summed E-state index contributed by atoms with van der Waals surface area (Å²) in [5, 5.41) is 0.488. The highest BCUT2D eigenvalue weighted by Gasteiger charge is 2.34. The Balaban J connectivity index is 1.28. The number of fused-ring (bicyclic) bond motifs is 3. The second kappa shape index (κ2) is 8.96. The van der Waals surface area contributed by atoms with Gasteiger partial charge in [-0.1, -0.05) is 28.1 Å². The molecule has 9 heteroatoms. The minimum atomic E-state index is -0.282. The SMILES string of the molecule is O=C1S/C(=C/c2ccc(Br)cc2)C(=O)N1CCCn1cnc2sc3c(c2c1=O)CCCC3. The van der Waals surface area contributed by atoms with E-state index in [-0.39, 0.29) is 23.3 Å². The van der Waals surface area contributed by atoms with Crippen LogP contribution < -0.4 is 5.56 Å². The fourth-order valence-electron chi connectivity index (χ4n) is 4.14. The summed E-state index contributed by atoms with van der Waals surface area (Å²) in [6.07, 6.45) is 8.08. The van der Waals surface area contributed by atoms with E-state index in [2.05, 4.69) is 20.9 Å². The first kappa shape index (κ1) is 21.6. The summed E-state index contributed by atoms with van der Waals surface area (Å²) in [7, 11) is 0. The molecule has 1 fully saturated rings. The average Bonchev–Trinajstić information content (AvgIpc) is 3.29. The maximum absolute atomic E-state index is 13.1. The number of rotatable bonds is 5. The second-order valence-corrected chi connectivity index (χ2v) is 10.9. The van der Waals surface area contributed by atoms with Crippen LogP contribution in [0.25, 0.3) is 16.3 Å². The molecule has 2 amide bonds. The summed E-state index contributed by atoms with van der Waals surface area (Å²) in [5.41, 5.74) is 2.02. The fraction of sp³-hybridized carbons (Fsp3) is 0.304. The van der Waals surface area contributed by atoms with Crippen LogP contribution in [-0.2, 0) is 24.2 Å². The predicted molar refractivity (Wildman–Crippen MR) is 132 cm³/mol. The molecule has 1 aliphatic carbocycles. The number of aryl methyl sites for hydroxylation is 3. The van der Waals surface area contributed by atoms with Crippen LogP contribution in [-0.4, -0.2) is 32.1 Å². The lowest BCUT2D eigenvalue weighted by atomic mass is 9.97. The highest BCUT2D eigenvalue weighted by atomic mass is 79.9. The van der Waals surface area contributed by atoms with Crippen molar-refractivity contribution in [3.63, 3.8) is 0 Å². The lowest BCUT2D eigenvalue weighted by Gasteiger charge is -2.13. The Bertz CT molecular complexity index is 1310. The van der Waals surface area contributed by atoms with Crippen LogP contribution in [0.1, 0.15) is 35.3 Å². The lowest BCUT2D eigenvalue weighted by molar-refractivity contribution is -0.122. The Hall–Kier alpha value is -2.23. The summed E-state index contributed by atoms with van der Waals surface area (Å²) in [5.74, 6) is -0.282. The van der Waals surface area contributed by atoms with E-state index in [1.807, 2.05) is 24.3 Å². The van der Waals surface area contributed by atoms with E-state index in [0.29, 0.717) is 17.9 Å². The molecule has 0 N–H and O–H groups in total. The number of benzene rings is 1. The van der Waals surface area contributed by atoms with Crippen LogP contribution in [0.2, 0.25) is 0 Å². The van der Waals surface area contributed by atoms with Gasteiger partial charge < -0.3 is 0 Å². The van der Waals surface area contributed by atoms with E-state index in [1.54, 1.807) is 28.3 Å². The molecule has 5 rings (SSSR count). The normalized spacial score (nSPS) is 17.5. The summed E-state index contributed by atoms with van der Waals surface area (Å²) in [6, 6.07) is 7.56. The minimum Gasteiger partial charge on any atom is -0.299 e. The van der Waals surface area contributed by atoms with Crippen LogP contribution in [0.15, 0.2) is 44.8 Å². The van der Waals surface area contributed by atoms with Crippen LogP contribution in [0, 0.1) is 0 Å². The molecule has 0 bridgehead atoms. The third kappa shape index (κ3) is 4.09. The topological polar surface area (TPSA) is 72.3 Å². The van der Waals surface area contributed by atoms with E-state index in [0.717, 1.165) is 51.3 Å². The standard InChI is InChI=1S/C23H20BrN3O3S2/c24-15-8-6-14(7-9-15)12-18-21(28)27(23(30)32-18)11-3-10-26-13-25-20-19(22(26)29)16-4-1-2-5-17(16)31-20/h6-9,12-13H,1-5,10-11H2/b18-12+. The molecule has 0 atom stereocenters. The van der Waals surface area contributed by atoms with Crippen LogP contribution in [0.3, 0.4) is 0 Å². The van der Waals surface area contributed by atoms with Gasteiger partial charge in [-0.25, -0.2) is 4.98 Å². The first-order chi connectivity index (χ1) is 15.5. The number of carbonyl (C=O) groups is 2. The smallest absolute Gasteiger partial charge is 0.293 e. The first-order valence-electron chi connectivity index (χ1n) is 10.5. The Morgan fingerprint density at radius 2 is 1.84 bits per heavy atom. The quantitative estimate of drug-likeness (QED) is 0.423. The van der Waals surface area contributed by atoms with Gasteiger partial charge in [-0.15, -0.1) is 11.3 Å². The molecule has 2 aromatic heterocycles. The second-order valence-electron chi connectivity index (χ2n) is 7.87. The van der Waals surface area contributed by atoms with Gasteiger partial charge in [0.1, 0.15) is 4.83 Å². The minimum absolute atomic E-state index is 0.0151. The van der Waals surface area contributed by atoms with Gasteiger partial charge >= 0.3 is 0 Å². The average molecular weight is 530 g/mol. The molecule has 3 heterocycles.